The number of benzene rings is 1. The highest BCUT2D eigenvalue weighted by Crippen LogP contribution is 2.23. The summed E-state index contributed by atoms with van der Waals surface area (Å²) in [6.07, 6.45) is 20.6. The van der Waals surface area contributed by atoms with Gasteiger partial charge in [-0.15, -0.1) is 10.2 Å². The van der Waals surface area contributed by atoms with E-state index in [0.29, 0.717) is 0 Å². The molecule has 1 aromatic carbocycles. The van der Waals surface area contributed by atoms with Crippen LogP contribution in [0.15, 0.2) is 91.3 Å². The summed E-state index contributed by atoms with van der Waals surface area (Å²) in [7, 11) is -4.94. The van der Waals surface area contributed by atoms with Crippen LogP contribution in [0.2, 0.25) is 0 Å². The van der Waals surface area contributed by atoms with Crippen molar-refractivity contribution in [3.63, 3.8) is 0 Å². The average molecular weight is 439 g/mol. The van der Waals surface area contributed by atoms with Crippen molar-refractivity contribution in [3.8, 4) is 11.3 Å². The predicted octanol–water partition coefficient (Wildman–Crippen LogP) is 0.910. The van der Waals surface area contributed by atoms with Crippen LogP contribution in [-0.4, -0.2) is 4.98 Å². The van der Waals surface area contributed by atoms with Gasteiger partial charge in [0.25, 0.3) is 0 Å². The zero-order valence-electron chi connectivity index (χ0n) is 17.2. The molecule has 2 aromatic heterocycles. The second kappa shape index (κ2) is 11.9. The third-order valence-electron chi connectivity index (χ3n) is 4.04. The molecule has 2 heterocycles. The van der Waals surface area contributed by atoms with Crippen LogP contribution in [0.3, 0.4) is 0 Å². The minimum Gasteiger partial charge on any atom is -0.222 e. The van der Waals surface area contributed by atoms with Gasteiger partial charge in [-0.1, -0.05) is 60.7 Å². The molecule has 160 valence electrons. The smallest absolute Gasteiger partial charge is 0.222 e. The van der Waals surface area contributed by atoms with E-state index < -0.39 is 10.2 Å². The maximum absolute atomic E-state index is 8.49. The van der Waals surface area contributed by atoms with Gasteiger partial charge in [-0.25, -0.2) is 23.0 Å². The van der Waals surface area contributed by atoms with E-state index in [1.807, 2.05) is 73.1 Å². The number of nitrogens with zero attached hydrogens (tertiary/aromatic N) is 2. The molecule has 0 radical (unpaired) electrons. The van der Waals surface area contributed by atoms with E-state index in [4.69, 9.17) is 23.6 Å². The van der Waals surface area contributed by atoms with Crippen LogP contribution < -0.4 is 23.0 Å². The van der Waals surface area contributed by atoms with Gasteiger partial charge in [0.05, 0.1) is 6.20 Å². The third kappa shape index (κ3) is 8.64. The summed E-state index contributed by atoms with van der Waals surface area (Å²) >= 11 is 0. The molecule has 0 amide bonds. The summed E-state index contributed by atoms with van der Waals surface area (Å²) in [5, 5.41) is 0. The molecule has 0 bridgehead atoms. The molecule has 0 fully saturated rings. The van der Waals surface area contributed by atoms with Crippen molar-refractivity contribution in [1.29, 1.82) is 0 Å². The Morgan fingerprint density at radius 1 is 0.774 bits per heavy atom. The van der Waals surface area contributed by atoms with Crippen molar-refractivity contribution in [2.75, 3.05) is 0 Å². The van der Waals surface area contributed by atoms with Gasteiger partial charge in [0.1, 0.15) is 6.20 Å². The van der Waals surface area contributed by atoms with Crippen LogP contribution in [-0.2, 0) is 0 Å². The fraction of sp³-hybridized carbons (Fsp3) is 0.0833. The number of pyridine rings is 1. The fourth-order valence-electron chi connectivity index (χ4n) is 2.71. The van der Waals surface area contributed by atoms with Crippen molar-refractivity contribution >= 4 is 17.8 Å². The first kappa shape index (κ1) is 24.1. The third-order valence-corrected chi connectivity index (χ3v) is 4.04. The van der Waals surface area contributed by atoms with Gasteiger partial charge in [-0.3, -0.25) is 0 Å². The Morgan fingerprint density at radius 3 is 2.06 bits per heavy atom. The first-order valence-electron chi connectivity index (χ1n) is 9.44. The Labute approximate surface area is 183 Å². The standard InChI is InChI=1S/C24H23N2.ClHO4/c1-3-5-7-11-20-14-15-22(19-21(20)12-8-6-4-2)23-16-18-26-17-10-9-13-24(26)25-23;2-1(3,4)5/h3-19H,1-2H3;(H,2,3,4,5)/q+1;/p-1/b5-3+,6-4+,11-7-,12-8+;. The van der Waals surface area contributed by atoms with Crippen molar-refractivity contribution in [1.82, 2.24) is 4.98 Å². The topological polar surface area (TPSA) is 109 Å². The minimum atomic E-state index is -4.94. The monoisotopic (exact) mass is 438 g/mol. The molecule has 3 aromatic rings. The van der Waals surface area contributed by atoms with Gasteiger partial charge in [0, 0.05) is 17.7 Å². The van der Waals surface area contributed by atoms with Gasteiger partial charge in [0.2, 0.25) is 0 Å². The molecule has 0 aliphatic rings. The second-order valence-corrected chi connectivity index (χ2v) is 7.03. The Balaban J connectivity index is 0.000000614. The number of aromatic nitrogens is 2. The SMILES string of the molecule is C/C=C/C=C\c1ccc(-c2cc[n+]3ccccc3n2)cc1/C=C/C=C/C.[O-][Cl+3]([O-])([O-])[O-]. The average Bonchev–Trinajstić information content (AvgIpc) is 2.73. The lowest BCUT2D eigenvalue weighted by molar-refractivity contribution is -2.00. The lowest BCUT2D eigenvalue weighted by atomic mass is 10.0. The van der Waals surface area contributed by atoms with Crippen molar-refractivity contribution in [3.05, 3.63) is 102 Å². The van der Waals surface area contributed by atoms with Crippen LogP contribution in [0.4, 0.5) is 0 Å². The molecule has 0 saturated carbocycles. The summed E-state index contributed by atoms with van der Waals surface area (Å²) in [5.41, 5.74) is 5.38. The van der Waals surface area contributed by atoms with Gasteiger partial charge in [-0.2, -0.15) is 0 Å². The highest BCUT2D eigenvalue weighted by Gasteiger charge is 2.10. The number of hydrogen-bond acceptors (Lipinski definition) is 5. The van der Waals surface area contributed by atoms with E-state index in [-0.39, 0.29) is 0 Å². The van der Waals surface area contributed by atoms with E-state index in [2.05, 4.69) is 48.6 Å². The number of fused-ring (bicyclic) bond motifs is 1. The van der Waals surface area contributed by atoms with Gasteiger partial charge < -0.3 is 0 Å². The normalized spacial score (nSPS) is 12.3. The molecule has 0 saturated heterocycles. The highest BCUT2D eigenvalue weighted by atomic mass is 35.7. The number of allylic oxidation sites excluding steroid dienone is 6. The highest BCUT2D eigenvalue weighted by molar-refractivity contribution is 5.73. The van der Waals surface area contributed by atoms with Gasteiger partial charge >= 0.3 is 5.65 Å². The van der Waals surface area contributed by atoms with Crippen LogP contribution in [0.5, 0.6) is 0 Å². The number of rotatable bonds is 5. The largest absolute Gasteiger partial charge is 0.328 e. The van der Waals surface area contributed by atoms with Gasteiger partial charge in [-0.05, 0) is 48.2 Å². The first-order chi connectivity index (χ1) is 14.8. The molecule has 0 aliphatic carbocycles. The second-order valence-electron chi connectivity index (χ2n) is 6.27. The molecule has 7 heteroatoms. The van der Waals surface area contributed by atoms with E-state index >= 15 is 0 Å². The molecule has 3 rings (SSSR count). The Kier molecular flexibility index (Phi) is 9.27. The van der Waals surface area contributed by atoms with Crippen LogP contribution in [0, 0.1) is 10.2 Å². The fourth-order valence-corrected chi connectivity index (χ4v) is 2.71. The van der Waals surface area contributed by atoms with Crippen LogP contribution in [0.25, 0.3) is 29.1 Å². The zero-order chi connectivity index (χ0) is 22.7. The van der Waals surface area contributed by atoms with Gasteiger partial charge in [0.15, 0.2) is 5.69 Å². The maximum Gasteiger partial charge on any atom is 0.328 e. The Hall–Kier alpha value is -3.13. The maximum atomic E-state index is 8.49. The predicted molar refractivity (Wildman–Crippen MR) is 111 cm³/mol. The van der Waals surface area contributed by atoms with Crippen molar-refractivity contribution in [2.45, 2.75) is 13.8 Å². The van der Waals surface area contributed by atoms with E-state index in [1.54, 1.807) is 0 Å². The van der Waals surface area contributed by atoms with Crippen molar-refractivity contribution in [2.24, 2.45) is 0 Å². The van der Waals surface area contributed by atoms with Crippen LogP contribution >= 0.6 is 0 Å². The van der Waals surface area contributed by atoms with E-state index in [9.17, 15) is 0 Å². The summed E-state index contributed by atoms with van der Waals surface area (Å²) in [6.45, 7) is 4.04. The lowest BCUT2D eigenvalue weighted by Gasteiger charge is -2.17. The number of halogens is 1. The first-order valence-corrected chi connectivity index (χ1v) is 10.7. The number of hydrogen-bond donors (Lipinski definition) is 0. The summed E-state index contributed by atoms with van der Waals surface area (Å²) in [6, 6.07) is 14.6. The van der Waals surface area contributed by atoms with E-state index in [1.165, 1.54) is 11.1 Å². The molecule has 6 nitrogen and oxygen atoms in total. The molecule has 0 aliphatic heterocycles. The molecule has 31 heavy (non-hydrogen) atoms. The quantitative estimate of drug-likeness (QED) is 0.434. The molecular weight excluding hydrogens is 416 g/mol. The minimum absolute atomic E-state index is 0.938. The summed E-state index contributed by atoms with van der Waals surface area (Å²) < 4.78 is 36.0. The molecule has 0 N–H and O–H groups in total. The molecule has 0 spiro atoms. The molecular formula is C24H23ClN2O4. The summed E-state index contributed by atoms with van der Waals surface area (Å²) in [5.74, 6) is 0. The van der Waals surface area contributed by atoms with E-state index in [0.717, 1.165) is 16.9 Å². The Morgan fingerprint density at radius 2 is 1.42 bits per heavy atom. The summed E-state index contributed by atoms with van der Waals surface area (Å²) in [4.78, 5) is 4.78. The molecule has 0 unspecified atom stereocenters. The Bertz CT molecular complexity index is 1110. The van der Waals surface area contributed by atoms with Crippen LogP contribution in [0.1, 0.15) is 25.0 Å². The van der Waals surface area contributed by atoms with Crippen molar-refractivity contribution < 1.29 is 33.3 Å². The zero-order valence-corrected chi connectivity index (χ0v) is 18.0. The lowest BCUT2D eigenvalue weighted by Crippen LogP contribution is -2.68. The molecule has 0 atom stereocenters.